The van der Waals surface area contributed by atoms with Crippen LogP contribution in [0.25, 0.3) is 22.4 Å². The second-order valence-electron chi connectivity index (χ2n) is 8.62. The fourth-order valence-electron chi connectivity index (χ4n) is 4.88. The number of hydrogen-bond donors (Lipinski definition) is 3. The van der Waals surface area contributed by atoms with Crippen LogP contribution in [0.4, 0.5) is 10.2 Å². The number of aromatic nitrogens is 4. The van der Waals surface area contributed by atoms with Gasteiger partial charge >= 0.3 is 0 Å². The van der Waals surface area contributed by atoms with E-state index in [-0.39, 0.29) is 29.7 Å². The van der Waals surface area contributed by atoms with Crippen LogP contribution < -0.4 is 10.6 Å². The standard InChI is InChI=1S/C23H27FN6O/c24-17-13-27-21(16-12-26-20-15(16)8-5-11-25-20)30-22(17)28-18-9-3-4-10-19(18)29-23(31)14-6-1-2-7-14/h5,8,11-14,18-19H,1-4,6-7,9-10H2,(H,25,26)(H,29,31)(H,27,28,30)/t18-,19+/m0/s1. The number of H-pyrrole nitrogens is 1. The highest BCUT2D eigenvalue weighted by Crippen LogP contribution is 2.29. The van der Waals surface area contributed by atoms with E-state index in [0.29, 0.717) is 5.82 Å². The largest absolute Gasteiger partial charge is 0.363 e. The molecule has 0 spiro atoms. The van der Waals surface area contributed by atoms with E-state index in [4.69, 9.17) is 0 Å². The van der Waals surface area contributed by atoms with Crippen LogP contribution >= 0.6 is 0 Å². The molecule has 3 aromatic heterocycles. The van der Waals surface area contributed by atoms with Gasteiger partial charge in [0.15, 0.2) is 17.5 Å². The number of fused-ring (bicyclic) bond motifs is 1. The van der Waals surface area contributed by atoms with E-state index >= 15 is 0 Å². The van der Waals surface area contributed by atoms with Gasteiger partial charge in [0.05, 0.1) is 6.20 Å². The van der Waals surface area contributed by atoms with Gasteiger partial charge in [-0.05, 0) is 37.8 Å². The summed E-state index contributed by atoms with van der Waals surface area (Å²) < 4.78 is 14.6. The summed E-state index contributed by atoms with van der Waals surface area (Å²) in [5, 5.41) is 7.40. The number of aromatic amines is 1. The van der Waals surface area contributed by atoms with E-state index in [9.17, 15) is 9.18 Å². The Kier molecular flexibility index (Phi) is 5.53. The lowest BCUT2D eigenvalue weighted by atomic mass is 9.89. The Morgan fingerprint density at radius 2 is 1.84 bits per heavy atom. The Morgan fingerprint density at radius 1 is 1.06 bits per heavy atom. The van der Waals surface area contributed by atoms with Crippen molar-refractivity contribution in [1.82, 2.24) is 25.3 Å². The predicted octanol–water partition coefficient (Wildman–Crippen LogP) is 4.19. The number of carbonyl (C=O) groups is 1. The van der Waals surface area contributed by atoms with E-state index in [1.54, 1.807) is 12.4 Å². The molecule has 7 nitrogen and oxygen atoms in total. The molecule has 1 amide bonds. The molecule has 2 fully saturated rings. The van der Waals surface area contributed by atoms with Crippen molar-refractivity contribution >= 4 is 22.8 Å². The lowest BCUT2D eigenvalue weighted by molar-refractivity contribution is -0.125. The van der Waals surface area contributed by atoms with Crippen molar-refractivity contribution in [3.63, 3.8) is 0 Å². The normalized spacial score (nSPS) is 22.0. The van der Waals surface area contributed by atoms with Crippen LogP contribution in [0.15, 0.2) is 30.7 Å². The lowest BCUT2D eigenvalue weighted by Gasteiger charge is -2.34. The van der Waals surface area contributed by atoms with Crippen molar-refractivity contribution in [2.45, 2.75) is 63.5 Å². The van der Waals surface area contributed by atoms with Crippen LogP contribution in [-0.2, 0) is 4.79 Å². The molecule has 0 bridgehead atoms. The molecule has 8 heteroatoms. The third kappa shape index (κ3) is 4.11. The molecule has 0 aliphatic heterocycles. The van der Waals surface area contributed by atoms with Crippen molar-refractivity contribution in [3.8, 4) is 11.4 Å². The molecule has 2 atom stereocenters. The number of rotatable bonds is 5. The van der Waals surface area contributed by atoms with Crippen LogP contribution in [0, 0.1) is 11.7 Å². The molecule has 2 aliphatic carbocycles. The minimum atomic E-state index is -0.492. The van der Waals surface area contributed by atoms with E-state index in [1.165, 1.54) is 6.20 Å². The summed E-state index contributed by atoms with van der Waals surface area (Å²) in [4.78, 5) is 28.8. The van der Waals surface area contributed by atoms with Crippen LogP contribution in [0.3, 0.4) is 0 Å². The van der Waals surface area contributed by atoms with Gasteiger partial charge in [-0.25, -0.2) is 19.3 Å². The first kappa shape index (κ1) is 19.9. The third-order valence-electron chi connectivity index (χ3n) is 6.58. The molecule has 31 heavy (non-hydrogen) atoms. The molecular formula is C23H27FN6O. The number of carbonyl (C=O) groups excluding carboxylic acids is 1. The van der Waals surface area contributed by atoms with Crippen LogP contribution in [0.1, 0.15) is 51.4 Å². The number of amides is 1. The maximum atomic E-state index is 14.6. The van der Waals surface area contributed by atoms with Gasteiger partial charge in [0.25, 0.3) is 0 Å². The van der Waals surface area contributed by atoms with Crippen LogP contribution in [0.2, 0.25) is 0 Å². The molecule has 0 unspecified atom stereocenters. The van der Waals surface area contributed by atoms with Gasteiger partial charge in [-0.2, -0.15) is 0 Å². The smallest absolute Gasteiger partial charge is 0.223 e. The Balaban J connectivity index is 1.36. The summed E-state index contributed by atoms with van der Waals surface area (Å²) >= 11 is 0. The first-order valence-electron chi connectivity index (χ1n) is 11.2. The van der Waals surface area contributed by atoms with Crippen molar-refractivity contribution in [2.75, 3.05) is 5.32 Å². The number of nitrogens with one attached hydrogen (secondary N) is 3. The number of halogens is 1. The molecule has 162 valence electrons. The van der Waals surface area contributed by atoms with Gasteiger partial charge in [0, 0.05) is 41.3 Å². The highest BCUT2D eigenvalue weighted by Gasteiger charge is 2.31. The molecule has 0 aromatic carbocycles. The summed E-state index contributed by atoms with van der Waals surface area (Å²) in [6, 6.07) is 3.71. The average Bonchev–Trinajstić information content (AvgIpc) is 3.47. The maximum absolute atomic E-state index is 14.6. The number of anilines is 1. The highest BCUT2D eigenvalue weighted by atomic mass is 19.1. The quantitative estimate of drug-likeness (QED) is 0.573. The summed E-state index contributed by atoms with van der Waals surface area (Å²) in [5.74, 6) is 0.390. The molecule has 0 saturated heterocycles. The zero-order valence-electron chi connectivity index (χ0n) is 17.4. The van der Waals surface area contributed by atoms with Crippen LogP contribution in [-0.4, -0.2) is 37.9 Å². The fourth-order valence-corrected chi connectivity index (χ4v) is 4.88. The van der Waals surface area contributed by atoms with Crippen molar-refractivity contribution in [2.24, 2.45) is 5.92 Å². The van der Waals surface area contributed by atoms with Gasteiger partial charge < -0.3 is 15.6 Å². The molecule has 3 aromatic rings. The van der Waals surface area contributed by atoms with Gasteiger partial charge in [-0.1, -0.05) is 25.7 Å². The second-order valence-corrected chi connectivity index (χ2v) is 8.62. The highest BCUT2D eigenvalue weighted by molar-refractivity contribution is 5.91. The number of hydrogen-bond acceptors (Lipinski definition) is 5. The Hall–Kier alpha value is -3.03. The summed E-state index contributed by atoms with van der Waals surface area (Å²) in [6.45, 7) is 0. The van der Waals surface area contributed by atoms with E-state index in [0.717, 1.165) is 68.0 Å². The number of nitrogens with zero attached hydrogens (tertiary/aromatic N) is 3. The van der Waals surface area contributed by atoms with Crippen LogP contribution in [0.5, 0.6) is 0 Å². The predicted molar refractivity (Wildman–Crippen MR) is 117 cm³/mol. The zero-order valence-corrected chi connectivity index (χ0v) is 17.4. The van der Waals surface area contributed by atoms with Crippen molar-refractivity contribution < 1.29 is 9.18 Å². The molecule has 3 N–H and O–H groups in total. The van der Waals surface area contributed by atoms with Crippen molar-refractivity contribution in [3.05, 3.63) is 36.5 Å². The topological polar surface area (TPSA) is 95.6 Å². The summed E-state index contributed by atoms with van der Waals surface area (Å²) in [5.41, 5.74) is 1.52. The minimum Gasteiger partial charge on any atom is -0.363 e. The zero-order chi connectivity index (χ0) is 21.2. The summed E-state index contributed by atoms with van der Waals surface area (Å²) in [6.07, 6.45) is 12.8. The van der Waals surface area contributed by atoms with Crippen molar-refractivity contribution in [1.29, 1.82) is 0 Å². The monoisotopic (exact) mass is 422 g/mol. The van der Waals surface area contributed by atoms with E-state index < -0.39 is 5.82 Å². The number of pyridine rings is 1. The Morgan fingerprint density at radius 3 is 2.68 bits per heavy atom. The molecule has 2 saturated carbocycles. The van der Waals surface area contributed by atoms with E-state index in [1.807, 2.05) is 12.1 Å². The maximum Gasteiger partial charge on any atom is 0.223 e. The fraction of sp³-hybridized carbons (Fsp3) is 0.478. The first-order chi connectivity index (χ1) is 15.2. The first-order valence-corrected chi connectivity index (χ1v) is 11.2. The Bertz CT molecular complexity index is 1080. The minimum absolute atomic E-state index is 0.0167. The van der Waals surface area contributed by atoms with Gasteiger partial charge in [-0.15, -0.1) is 0 Å². The molecule has 0 radical (unpaired) electrons. The summed E-state index contributed by atoms with van der Waals surface area (Å²) in [7, 11) is 0. The van der Waals surface area contributed by atoms with Gasteiger partial charge in [0.1, 0.15) is 5.65 Å². The second kappa shape index (κ2) is 8.61. The molecule has 5 rings (SSSR count). The SMILES string of the molecule is O=C(N[C@@H]1CCCC[C@@H]1Nc1nc(-c2c[nH]c3ncccc23)ncc1F)C1CCCC1. The van der Waals surface area contributed by atoms with E-state index in [2.05, 4.69) is 30.6 Å². The molecule has 3 heterocycles. The van der Waals surface area contributed by atoms with Gasteiger partial charge in [0.2, 0.25) is 5.91 Å². The third-order valence-corrected chi connectivity index (χ3v) is 6.58. The molecule has 2 aliphatic rings. The van der Waals surface area contributed by atoms with Gasteiger partial charge in [-0.3, -0.25) is 4.79 Å². The lowest BCUT2D eigenvalue weighted by Crippen LogP contribution is -2.50. The Labute approximate surface area is 180 Å². The average molecular weight is 423 g/mol. The molecular weight excluding hydrogens is 395 g/mol.